The van der Waals surface area contributed by atoms with Crippen molar-refractivity contribution in [3.8, 4) is 0 Å². The van der Waals surface area contributed by atoms with Gasteiger partial charge < -0.3 is 31.8 Å². The van der Waals surface area contributed by atoms with Crippen LogP contribution in [0.2, 0.25) is 0 Å². The molecule has 0 saturated carbocycles. The fourth-order valence-corrected chi connectivity index (χ4v) is 3.73. The van der Waals surface area contributed by atoms with E-state index in [2.05, 4.69) is 20.9 Å². The van der Waals surface area contributed by atoms with Crippen LogP contribution in [0, 0.1) is 11.3 Å². The van der Waals surface area contributed by atoms with Gasteiger partial charge in [-0.3, -0.25) is 15.0 Å². The molecule has 2 atom stereocenters. The zero-order valence-electron chi connectivity index (χ0n) is 19.4. The number of aromatic amines is 1. The molecular formula is C25H32N6O3. The van der Waals surface area contributed by atoms with Gasteiger partial charge in [-0.1, -0.05) is 44.2 Å². The van der Waals surface area contributed by atoms with Crippen molar-refractivity contribution in [2.24, 2.45) is 11.7 Å². The molecule has 1 heterocycles. The molecule has 0 aliphatic carbocycles. The van der Waals surface area contributed by atoms with Crippen molar-refractivity contribution in [2.75, 3.05) is 18.5 Å². The molecule has 2 aromatic carbocycles. The standard InChI is InChI=1S/C25H32N6O3/c1-15(2)22(25(34)28-11-10-17-13-29-20-9-4-3-8-19(17)20)31-24(33)21(14-32)30-18-7-5-6-16(12-18)23(26)27/h3-9,12-13,15,21-22,29-30,32H,10-11,14H2,1-2H3,(H3,26,27)(H,28,34)(H,31,33). The number of carbonyl (C=O) groups excluding carboxylic acids is 2. The molecule has 3 rings (SSSR count). The number of H-pyrrole nitrogens is 1. The van der Waals surface area contributed by atoms with Crippen molar-refractivity contribution in [2.45, 2.75) is 32.4 Å². The first-order valence-corrected chi connectivity index (χ1v) is 11.2. The fourth-order valence-electron chi connectivity index (χ4n) is 3.73. The number of benzene rings is 2. The zero-order chi connectivity index (χ0) is 24.7. The predicted molar refractivity (Wildman–Crippen MR) is 134 cm³/mol. The van der Waals surface area contributed by atoms with Gasteiger partial charge in [-0.2, -0.15) is 0 Å². The van der Waals surface area contributed by atoms with Gasteiger partial charge in [0.2, 0.25) is 11.8 Å². The lowest BCUT2D eigenvalue weighted by molar-refractivity contribution is -0.130. The van der Waals surface area contributed by atoms with E-state index in [1.807, 2.05) is 44.3 Å². The number of anilines is 1. The number of nitrogens with two attached hydrogens (primary N) is 1. The summed E-state index contributed by atoms with van der Waals surface area (Å²) in [6.45, 7) is 3.66. The fraction of sp³-hybridized carbons (Fsp3) is 0.320. The van der Waals surface area contributed by atoms with Crippen molar-refractivity contribution < 1.29 is 14.7 Å². The maximum atomic E-state index is 12.8. The van der Waals surface area contributed by atoms with E-state index in [9.17, 15) is 14.7 Å². The average Bonchev–Trinajstić information content (AvgIpc) is 3.23. The first-order valence-electron chi connectivity index (χ1n) is 11.2. The monoisotopic (exact) mass is 464 g/mol. The highest BCUT2D eigenvalue weighted by Gasteiger charge is 2.27. The number of nitrogens with one attached hydrogen (secondary N) is 5. The molecule has 0 aliphatic heterocycles. The van der Waals surface area contributed by atoms with Crippen LogP contribution in [0.3, 0.4) is 0 Å². The SMILES string of the molecule is CC(C)C(NC(=O)C(CO)Nc1cccc(C(=N)N)c1)C(=O)NCCc1c[nH]c2ccccc12. The molecule has 3 aromatic rings. The molecule has 0 radical (unpaired) electrons. The molecule has 0 saturated heterocycles. The summed E-state index contributed by atoms with van der Waals surface area (Å²) in [6, 6.07) is 13.0. The number of aliphatic hydroxyl groups is 1. The first kappa shape index (κ1) is 24.8. The molecule has 2 unspecified atom stereocenters. The van der Waals surface area contributed by atoms with Gasteiger partial charge in [-0.15, -0.1) is 0 Å². The Morgan fingerprint density at radius 3 is 2.59 bits per heavy atom. The summed E-state index contributed by atoms with van der Waals surface area (Å²) < 4.78 is 0. The number of aliphatic hydroxyl groups excluding tert-OH is 1. The molecule has 9 nitrogen and oxygen atoms in total. The van der Waals surface area contributed by atoms with Gasteiger partial charge in [0, 0.05) is 34.9 Å². The number of para-hydroxylation sites is 1. The summed E-state index contributed by atoms with van der Waals surface area (Å²) in [5.41, 5.74) is 8.71. The minimum Gasteiger partial charge on any atom is -0.394 e. The van der Waals surface area contributed by atoms with E-state index in [0.29, 0.717) is 24.2 Å². The Hall–Kier alpha value is -3.85. The number of aromatic nitrogens is 1. The molecule has 0 aliphatic rings. The van der Waals surface area contributed by atoms with Gasteiger partial charge in [-0.05, 0) is 36.1 Å². The van der Waals surface area contributed by atoms with Crippen molar-refractivity contribution in [1.29, 1.82) is 5.41 Å². The van der Waals surface area contributed by atoms with Crippen LogP contribution < -0.4 is 21.7 Å². The number of hydrogen-bond acceptors (Lipinski definition) is 5. The summed E-state index contributed by atoms with van der Waals surface area (Å²) in [5, 5.41) is 27.0. The quantitative estimate of drug-likeness (QED) is 0.170. The molecule has 0 spiro atoms. The predicted octanol–water partition coefficient (Wildman–Crippen LogP) is 1.72. The van der Waals surface area contributed by atoms with Crippen LogP contribution >= 0.6 is 0 Å². The lowest BCUT2D eigenvalue weighted by atomic mass is 10.0. The average molecular weight is 465 g/mol. The number of amidine groups is 1. The van der Waals surface area contributed by atoms with Gasteiger partial charge in [0.15, 0.2) is 0 Å². The van der Waals surface area contributed by atoms with Gasteiger partial charge in [0.25, 0.3) is 0 Å². The molecule has 0 bridgehead atoms. The van der Waals surface area contributed by atoms with Crippen LogP contribution in [0.15, 0.2) is 54.7 Å². The number of hydrogen-bond donors (Lipinski definition) is 7. The molecule has 2 amide bonds. The lowest BCUT2D eigenvalue weighted by Gasteiger charge is -2.25. The van der Waals surface area contributed by atoms with Crippen molar-refractivity contribution in [3.63, 3.8) is 0 Å². The largest absolute Gasteiger partial charge is 0.394 e. The molecule has 1 aromatic heterocycles. The molecule has 8 N–H and O–H groups in total. The highest BCUT2D eigenvalue weighted by atomic mass is 16.3. The van der Waals surface area contributed by atoms with Crippen LogP contribution in [0.4, 0.5) is 5.69 Å². The van der Waals surface area contributed by atoms with Crippen molar-refractivity contribution in [1.82, 2.24) is 15.6 Å². The van der Waals surface area contributed by atoms with E-state index in [0.717, 1.165) is 16.5 Å². The molecular weight excluding hydrogens is 432 g/mol. The Balaban J connectivity index is 1.58. The summed E-state index contributed by atoms with van der Waals surface area (Å²) in [6.07, 6.45) is 2.60. The Bertz CT molecular complexity index is 1160. The Morgan fingerprint density at radius 2 is 1.88 bits per heavy atom. The third kappa shape index (κ3) is 6.14. The maximum absolute atomic E-state index is 12.8. The summed E-state index contributed by atoms with van der Waals surface area (Å²) in [4.78, 5) is 28.9. The Kier molecular flexibility index (Phi) is 8.26. The third-order valence-electron chi connectivity index (χ3n) is 5.63. The maximum Gasteiger partial charge on any atom is 0.245 e. The van der Waals surface area contributed by atoms with Crippen LogP contribution in [0.5, 0.6) is 0 Å². The van der Waals surface area contributed by atoms with Crippen LogP contribution in [-0.4, -0.2) is 53.0 Å². The van der Waals surface area contributed by atoms with Crippen LogP contribution in [0.1, 0.15) is 25.0 Å². The van der Waals surface area contributed by atoms with E-state index in [1.54, 1.807) is 24.3 Å². The lowest BCUT2D eigenvalue weighted by Crippen LogP contribution is -2.54. The van der Waals surface area contributed by atoms with Gasteiger partial charge in [-0.25, -0.2) is 0 Å². The molecule has 9 heteroatoms. The smallest absolute Gasteiger partial charge is 0.245 e. The number of nitrogen functional groups attached to an aromatic ring is 1. The Morgan fingerprint density at radius 1 is 1.12 bits per heavy atom. The third-order valence-corrected chi connectivity index (χ3v) is 5.63. The number of carbonyl (C=O) groups is 2. The highest BCUT2D eigenvalue weighted by Crippen LogP contribution is 2.18. The normalized spacial score (nSPS) is 12.8. The van der Waals surface area contributed by atoms with Crippen LogP contribution in [0.25, 0.3) is 10.9 Å². The molecule has 180 valence electrons. The van der Waals surface area contributed by atoms with E-state index in [1.165, 1.54) is 0 Å². The topological polar surface area (TPSA) is 156 Å². The summed E-state index contributed by atoms with van der Waals surface area (Å²) >= 11 is 0. The minimum atomic E-state index is -0.970. The van der Waals surface area contributed by atoms with E-state index in [-0.39, 0.29) is 17.7 Å². The second-order valence-electron chi connectivity index (χ2n) is 8.50. The van der Waals surface area contributed by atoms with Crippen molar-refractivity contribution in [3.05, 3.63) is 65.9 Å². The highest BCUT2D eigenvalue weighted by molar-refractivity contribution is 5.96. The van der Waals surface area contributed by atoms with E-state index >= 15 is 0 Å². The second-order valence-corrected chi connectivity index (χ2v) is 8.50. The Labute approximate surface area is 198 Å². The van der Waals surface area contributed by atoms with Gasteiger partial charge >= 0.3 is 0 Å². The van der Waals surface area contributed by atoms with E-state index < -0.39 is 24.6 Å². The summed E-state index contributed by atoms with van der Waals surface area (Å²) in [5.74, 6) is -1.03. The van der Waals surface area contributed by atoms with Crippen LogP contribution in [-0.2, 0) is 16.0 Å². The number of amides is 2. The van der Waals surface area contributed by atoms with Crippen molar-refractivity contribution >= 4 is 34.2 Å². The molecule has 34 heavy (non-hydrogen) atoms. The van der Waals surface area contributed by atoms with Gasteiger partial charge in [0.05, 0.1) is 6.61 Å². The first-order chi connectivity index (χ1) is 16.3. The number of fused-ring (bicyclic) bond motifs is 1. The number of rotatable bonds is 11. The minimum absolute atomic E-state index is 0.0992. The molecule has 0 fully saturated rings. The summed E-state index contributed by atoms with van der Waals surface area (Å²) in [7, 11) is 0. The zero-order valence-corrected chi connectivity index (χ0v) is 19.4. The van der Waals surface area contributed by atoms with Gasteiger partial charge in [0.1, 0.15) is 17.9 Å². The van der Waals surface area contributed by atoms with E-state index in [4.69, 9.17) is 11.1 Å². The second kappa shape index (κ2) is 11.3.